The molecule has 3 rings (SSSR count). The number of aromatic nitrogens is 3. The van der Waals surface area contributed by atoms with Crippen LogP contribution in [0.3, 0.4) is 0 Å². The molecular formula is C14H14ClN5. The first-order chi connectivity index (χ1) is 9.78. The first-order valence-electron chi connectivity index (χ1n) is 6.62. The van der Waals surface area contributed by atoms with Crippen molar-refractivity contribution in [3.63, 3.8) is 0 Å². The van der Waals surface area contributed by atoms with Gasteiger partial charge in [-0.3, -0.25) is 0 Å². The maximum absolute atomic E-state index is 9.09. The number of nitrogens with zero attached hydrogens (tertiary/aromatic N) is 4. The number of aryl methyl sites for hydroxylation is 1. The molecule has 2 aromatic rings. The highest BCUT2D eigenvalue weighted by atomic mass is 35.5. The highest BCUT2D eigenvalue weighted by molar-refractivity contribution is 6.30. The quantitative estimate of drug-likeness (QED) is 0.942. The van der Waals surface area contributed by atoms with E-state index in [1.807, 2.05) is 0 Å². The summed E-state index contributed by atoms with van der Waals surface area (Å²) in [5.74, 6) is 1.96. The Balaban J connectivity index is 1.79. The summed E-state index contributed by atoms with van der Waals surface area (Å²) in [6.45, 7) is 1.52. The van der Waals surface area contributed by atoms with Gasteiger partial charge in [0.05, 0.1) is 17.8 Å². The minimum absolute atomic E-state index is 0.544. The van der Waals surface area contributed by atoms with E-state index in [1.54, 1.807) is 18.2 Å². The first kappa shape index (κ1) is 12.9. The molecule has 102 valence electrons. The second-order valence-electron chi connectivity index (χ2n) is 4.80. The van der Waals surface area contributed by atoms with Gasteiger partial charge in [-0.25, -0.2) is 0 Å². The minimum Gasteiger partial charge on any atom is -0.377 e. The van der Waals surface area contributed by atoms with Crippen LogP contribution in [0.1, 0.15) is 30.1 Å². The van der Waals surface area contributed by atoms with Crippen LogP contribution in [0.15, 0.2) is 18.2 Å². The predicted octanol–water partition coefficient (Wildman–Crippen LogP) is 2.75. The number of benzene rings is 1. The molecule has 1 aromatic carbocycles. The summed E-state index contributed by atoms with van der Waals surface area (Å²) in [7, 11) is 0. The average Bonchev–Trinajstić information content (AvgIpc) is 2.88. The SMILES string of the molecule is N#Cc1ccc(Cl)cc1NCc1nnc2n1CCCC2. The molecule has 0 saturated carbocycles. The van der Waals surface area contributed by atoms with E-state index >= 15 is 0 Å². The van der Waals surface area contributed by atoms with E-state index in [-0.39, 0.29) is 0 Å². The summed E-state index contributed by atoms with van der Waals surface area (Å²) in [5.41, 5.74) is 1.31. The second kappa shape index (κ2) is 5.51. The van der Waals surface area contributed by atoms with Gasteiger partial charge in [0.25, 0.3) is 0 Å². The van der Waals surface area contributed by atoms with Crippen molar-refractivity contribution in [1.29, 1.82) is 5.26 Å². The minimum atomic E-state index is 0.544. The first-order valence-corrected chi connectivity index (χ1v) is 7.00. The predicted molar refractivity (Wildman–Crippen MR) is 76.5 cm³/mol. The molecule has 1 aromatic heterocycles. The lowest BCUT2D eigenvalue weighted by molar-refractivity contribution is 0.510. The lowest BCUT2D eigenvalue weighted by Crippen LogP contribution is -2.15. The van der Waals surface area contributed by atoms with Crippen LogP contribution in [0.2, 0.25) is 5.02 Å². The van der Waals surface area contributed by atoms with Crippen LogP contribution < -0.4 is 5.32 Å². The van der Waals surface area contributed by atoms with Crippen molar-refractivity contribution < 1.29 is 0 Å². The van der Waals surface area contributed by atoms with Crippen molar-refractivity contribution in [1.82, 2.24) is 14.8 Å². The molecule has 5 nitrogen and oxygen atoms in total. The molecule has 1 aliphatic rings. The van der Waals surface area contributed by atoms with E-state index in [1.165, 1.54) is 12.8 Å². The van der Waals surface area contributed by atoms with Crippen molar-refractivity contribution in [3.05, 3.63) is 40.4 Å². The van der Waals surface area contributed by atoms with Gasteiger partial charge in [0.2, 0.25) is 0 Å². The Hall–Kier alpha value is -2.06. The van der Waals surface area contributed by atoms with Crippen molar-refractivity contribution in [2.75, 3.05) is 5.32 Å². The molecule has 1 N–H and O–H groups in total. The van der Waals surface area contributed by atoms with Crippen LogP contribution in [0.25, 0.3) is 0 Å². The van der Waals surface area contributed by atoms with E-state index in [9.17, 15) is 0 Å². The molecule has 0 fully saturated rings. The second-order valence-corrected chi connectivity index (χ2v) is 5.23. The third kappa shape index (κ3) is 2.47. The molecule has 2 heterocycles. The Morgan fingerprint density at radius 2 is 2.25 bits per heavy atom. The van der Waals surface area contributed by atoms with Crippen molar-refractivity contribution in [2.24, 2.45) is 0 Å². The number of anilines is 1. The van der Waals surface area contributed by atoms with Gasteiger partial charge in [-0.05, 0) is 31.0 Å². The standard InChI is InChI=1S/C14H14ClN5/c15-11-5-4-10(8-16)12(7-11)17-9-14-19-18-13-3-1-2-6-20(13)14/h4-5,7,17H,1-3,6,9H2. The summed E-state index contributed by atoms with van der Waals surface area (Å²) in [5, 5.41) is 21.4. The zero-order valence-electron chi connectivity index (χ0n) is 10.9. The van der Waals surface area contributed by atoms with Gasteiger partial charge < -0.3 is 9.88 Å². The summed E-state index contributed by atoms with van der Waals surface area (Å²) in [6.07, 6.45) is 3.34. The molecule has 0 atom stereocenters. The number of fused-ring (bicyclic) bond motifs is 1. The Morgan fingerprint density at radius 1 is 1.35 bits per heavy atom. The number of halogens is 1. The van der Waals surface area contributed by atoms with E-state index < -0.39 is 0 Å². The van der Waals surface area contributed by atoms with Gasteiger partial charge in [-0.2, -0.15) is 5.26 Å². The Kier molecular flexibility index (Phi) is 3.57. The monoisotopic (exact) mass is 287 g/mol. The van der Waals surface area contributed by atoms with E-state index in [4.69, 9.17) is 16.9 Å². The van der Waals surface area contributed by atoms with Crippen LogP contribution in [0.5, 0.6) is 0 Å². The fourth-order valence-corrected chi connectivity index (χ4v) is 2.61. The topological polar surface area (TPSA) is 66.5 Å². The lowest BCUT2D eigenvalue weighted by atomic mass is 10.1. The van der Waals surface area contributed by atoms with Crippen LogP contribution in [-0.2, 0) is 19.5 Å². The molecule has 0 bridgehead atoms. The van der Waals surface area contributed by atoms with Gasteiger partial charge >= 0.3 is 0 Å². The molecule has 0 unspecified atom stereocenters. The zero-order valence-corrected chi connectivity index (χ0v) is 11.7. The number of hydrogen-bond acceptors (Lipinski definition) is 4. The van der Waals surface area contributed by atoms with E-state index in [0.717, 1.165) is 30.3 Å². The Bertz CT molecular complexity index is 671. The van der Waals surface area contributed by atoms with Gasteiger partial charge in [0.1, 0.15) is 11.9 Å². The molecule has 0 spiro atoms. The number of nitrogens with one attached hydrogen (secondary N) is 1. The maximum Gasteiger partial charge on any atom is 0.152 e. The fraction of sp³-hybridized carbons (Fsp3) is 0.357. The van der Waals surface area contributed by atoms with E-state index in [0.29, 0.717) is 17.1 Å². The van der Waals surface area contributed by atoms with Crippen LogP contribution in [0.4, 0.5) is 5.69 Å². The molecule has 1 aliphatic heterocycles. The highest BCUT2D eigenvalue weighted by Gasteiger charge is 2.15. The third-order valence-electron chi connectivity index (χ3n) is 3.48. The highest BCUT2D eigenvalue weighted by Crippen LogP contribution is 2.21. The van der Waals surface area contributed by atoms with Gasteiger partial charge in [-0.1, -0.05) is 11.6 Å². The normalized spacial score (nSPS) is 13.6. The van der Waals surface area contributed by atoms with Crippen molar-refractivity contribution >= 4 is 17.3 Å². The van der Waals surface area contributed by atoms with Crippen LogP contribution in [0, 0.1) is 11.3 Å². The van der Waals surface area contributed by atoms with Crippen LogP contribution >= 0.6 is 11.6 Å². The summed E-state index contributed by atoms with van der Waals surface area (Å²) < 4.78 is 2.16. The van der Waals surface area contributed by atoms with Gasteiger partial charge in [0, 0.05) is 18.0 Å². The largest absolute Gasteiger partial charge is 0.377 e. The molecular weight excluding hydrogens is 274 g/mol. The molecule has 0 radical (unpaired) electrons. The molecule has 6 heteroatoms. The summed E-state index contributed by atoms with van der Waals surface area (Å²) >= 11 is 5.97. The van der Waals surface area contributed by atoms with Crippen molar-refractivity contribution in [2.45, 2.75) is 32.4 Å². The zero-order chi connectivity index (χ0) is 13.9. The number of rotatable bonds is 3. The summed E-state index contributed by atoms with van der Waals surface area (Å²) in [4.78, 5) is 0. The maximum atomic E-state index is 9.09. The van der Waals surface area contributed by atoms with Crippen LogP contribution in [-0.4, -0.2) is 14.8 Å². The molecule has 0 aliphatic carbocycles. The van der Waals surface area contributed by atoms with Gasteiger partial charge in [-0.15, -0.1) is 10.2 Å². The van der Waals surface area contributed by atoms with E-state index in [2.05, 4.69) is 26.2 Å². The average molecular weight is 288 g/mol. The Labute approximate surface area is 122 Å². The molecule has 20 heavy (non-hydrogen) atoms. The summed E-state index contributed by atoms with van der Waals surface area (Å²) in [6, 6.07) is 7.33. The molecule has 0 saturated heterocycles. The number of nitriles is 1. The smallest absolute Gasteiger partial charge is 0.152 e. The molecule has 0 amide bonds. The Morgan fingerprint density at radius 3 is 3.10 bits per heavy atom. The fourth-order valence-electron chi connectivity index (χ4n) is 2.43. The van der Waals surface area contributed by atoms with Gasteiger partial charge in [0.15, 0.2) is 5.82 Å². The third-order valence-corrected chi connectivity index (χ3v) is 3.71. The van der Waals surface area contributed by atoms with Crippen molar-refractivity contribution in [3.8, 4) is 6.07 Å². The number of hydrogen-bond donors (Lipinski definition) is 1. The lowest BCUT2D eigenvalue weighted by Gasteiger charge is -2.15.